The first kappa shape index (κ1) is 14.9. The lowest BCUT2D eigenvalue weighted by Crippen LogP contribution is -2.35. The van der Waals surface area contributed by atoms with Crippen molar-refractivity contribution in [1.29, 1.82) is 0 Å². The second kappa shape index (κ2) is 6.14. The summed E-state index contributed by atoms with van der Waals surface area (Å²) in [5.41, 5.74) is 0.295. The SMILES string of the molecule is COc1ccc([N+](=O)[O-])cc1N(C)C(=O)CN(C)C. The van der Waals surface area contributed by atoms with Gasteiger partial charge in [0.2, 0.25) is 5.91 Å². The average Bonchev–Trinajstić information content (AvgIpc) is 2.36. The Morgan fingerprint density at radius 3 is 2.47 bits per heavy atom. The van der Waals surface area contributed by atoms with Gasteiger partial charge < -0.3 is 14.5 Å². The van der Waals surface area contributed by atoms with Crippen molar-refractivity contribution in [3.8, 4) is 5.75 Å². The summed E-state index contributed by atoms with van der Waals surface area (Å²) in [7, 11) is 6.56. The number of carbonyl (C=O) groups is 1. The van der Waals surface area contributed by atoms with Gasteiger partial charge in [-0.25, -0.2) is 0 Å². The summed E-state index contributed by atoms with van der Waals surface area (Å²) in [5.74, 6) is 0.240. The zero-order chi connectivity index (χ0) is 14.6. The van der Waals surface area contributed by atoms with E-state index in [2.05, 4.69) is 0 Å². The van der Waals surface area contributed by atoms with Crippen molar-refractivity contribution in [1.82, 2.24) is 4.90 Å². The molecule has 0 aliphatic carbocycles. The predicted molar refractivity (Wildman–Crippen MR) is 71.6 cm³/mol. The number of nitro groups is 1. The molecular formula is C12H17N3O4. The quantitative estimate of drug-likeness (QED) is 0.590. The summed E-state index contributed by atoms with van der Waals surface area (Å²) >= 11 is 0. The van der Waals surface area contributed by atoms with Crippen molar-refractivity contribution in [2.24, 2.45) is 0 Å². The van der Waals surface area contributed by atoms with Gasteiger partial charge >= 0.3 is 0 Å². The number of ether oxygens (including phenoxy) is 1. The van der Waals surface area contributed by atoms with E-state index in [1.807, 2.05) is 0 Å². The summed E-state index contributed by atoms with van der Waals surface area (Å²) in [6.45, 7) is 0.211. The van der Waals surface area contributed by atoms with Crippen molar-refractivity contribution in [3.63, 3.8) is 0 Å². The van der Waals surface area contributed by atoms with Crippen molar-refractivity contribution in [2.45, 2.75) is 0 Å². The van der Waals surface area contributed by atoms with Crippen LogP contribution in [0.25, 0.3) is 0 Å². The minimum atomic E-state index is -0.507. The van der Waals surface area contributed by atoms with Crippen molar-refractivity contribution >= 4 is 17.3 Å². The van der Waals surface area contributed by atoms with E-state index in [4.69, 9.17) is 4.74 Å². The molecule has 1 rings (SSSR count). The van der Waals surface area contributed by atoms with Gasteiger partial charge in [-0.3, -0.25) is 14.9 Å². The number of hydrogen-bond donors (Lipinski definition) is 0. The van der Waals surface area contributed by atoms with E-state index in [-0.39, 0.29) is 18.1 Å². The molecule has 0 bridgehead atoms. The number of hydrogen-bond acceptors (Lipinski definition) is 5. The fourth-order valence-corrected chi connectivity index (χ4v) is 1.56. The Hall–Kier alpha value is -2.15. The number of nitro benzene ring substituents is 1. The molecule has 0 aromatic heterocycles. The number of likely N-dealkylation sites (N-methyl/N-ethyl adjacent to an activating group) is 2. The van der Waals surface area contributed by atoms with E-state index in [1.54, 1.807) is 26.0 Å². The Labute approximate surface area is 111 Å². The second-order valence-electron chi connectivity index (χ2n) is 4.30. The lowest BCUT2D eigenvalue weighted by Gasteiger charge is -2.21. The third kappa shape index (κ3) is 3.65. The highest BCUT2D eigenvalue weighted by Gasteiger charge is 2.19. The molecule has 0 heterocycles. The maximum Gasteiger partial charge on any atom is 0.271 e. The molecule has 0 spiro atoms. The molecule has 0 unspecified atom stereocenters. The van der Waals surface area contributed by atoms with Gasteiger partial charge in [0.15, 0.2) is 0 Å². The number of anilines is 1. The molecule has 1 aromatic rings. The Balaban J connectivity index is 3.12. The summed E-state index contributed by atoms with van der Waals surface area (Å²) in [6.07, 6.45) is 0. The third-order valence-corrected chi connectivity index (χ3v) is 2.56. The monoisotopic (exact) mass is 267 g/mol. The maximum absolute atomic E-state index is 12.0. The number of benzene rings is 1. The van der Waals surface area contributed by atoms with Crippen LogP contribution in [0, 0.1) is 10.1 Å². The van der Waals surface area contributed by atoms with E-state index in [0.29, 0.717) is 11.4 Å². The molecule has 0 saturated carbocycles. The smallest absolute Gasteiger partial charge is 0.271 e. The lowest BCUT2D eigenvalue weighted by molar-refractivity contribution is -0.384. The molecule has 0 saturated heterocycles. The van der Waals surface area contributed by atoms with Crippen molar-refractivity contribution in [3.05, 3.63) is 28.3 Å². The van der Waals surface area contributed by atoms with Crippen molar-refractivity contribution < 1.29 is 14.5 Å². The average molecular weight is 267 g/mol. The fraction of sp³-hybridized carbons (Fsp3) is 0.417. The van der Waals surface area contributed by atoms with Crippen LogP contribution in [0.3, 0.4) is 0 Å². The molecule has 0 fully saturated rings. The van der Waals surface area contributed by atoms with Crippen LogP contribution in [0.2, 0.25) is 0 Å². The van der Waals surface area contributed by atoms with Gasteiger partial charge in [0.1, 0.15) is 5.75 Å². The highest BCUT2D eigenvalue weighted by Crippen LogP contribution is 2.31. The predicted octanol–water partition coefficient (Wildman–Crippen LogP) is 1.13. The molecule has 0 atom stereocenters. The Morgan fingerprint density at radius 2 is 2.00 bits per heavy atom. The zero-order valence-electron chi connectivity index (χ0n) is 11.4. The highest BCUT2D eigenvalue weighted by molar-refractivity contribution is 5.96. The minimum Gasteiger partial charge on any atom is -0.495 e. The van der Waals surface area contributed by atoms with Crippen molar-refractivity contribution in [2.75, 3.05) is 39.7 Å². The number of nitrogens with zero attached hydrogens (tertiary/aromatic N) is 3. The van der Waals surface area contributed by atoms with Gasteiger partial charge in [0.05, 0.1) is 24.3 Å². The normalized spacial score (nSPS) is 10.4. The number of amides is 1. The van der Waals surface area contributed by atoms with Gasteiger partial charge in [-0.15, -0.1) is 0 Å². The van der Waals surface area contributed by atoms with E-state index >= 15 is 0 Å². The molecule has 7 heteroatoms. The molecule has 0 N–H and O–H groups in total. The van der Waals surface area contributed by atoms with Crippen LogP contribution in [-0.2, 0) is 4.79 Å². The molecule has 1 aromatic carbocycles. The van der Waals surface area contributed by atoms with Gasteiger partial charge in [0, 0.05) is 19.2 Å². The van der Waals surface area contributed by atoms with Crippen LogP contribution in [0.15, 0.2) is 18.2 Å². The van der Waals surface area contributed by atoms with Crippen LogP contribution < -0.4 is 9.64 Å². The minimum absolute atomic E-state index is 0.0831. The maximum atomic E-state index is 12.0. The first-order valence-electron chi connectivity index (χ1n) is 5.60. The molecule has 19 heavy (non-hydrogen) atoms. The van der Waals surface area contributed by atoms with Gasteiger partial charge in [-0.1, -0.05) is 0 Å². The summed E-state index contributed by atoms with van der Waals surface area (Å²) in [4.78, 5) is 25.3. The van der Waals surface area contributed by atoms with Gasteiger partial charge in [-0.2, -0.15) is 0 Å². The second-order valence-corrected chi connectivity index (χ2v) is 4.30. The molecule has 0 aliphatic heterocycles. The Bertz CT molecular complexity index is 488. The van der Waals surface area contributed by atoms with E-state index in [9.17, 15) is 14.9 Å². The fourth-order valence-electron chi connectivity index (χ4n) is 1.56. The molecular weight excluding hydrogens is 250 g/mol. The number of methoxy groups -OCH3 is 1. The summed E-state index contributed by atoms with van der Waals surface area (Å²) in [5, 5.41) is 10.8. The van der Waals surface area contributed by atoms with Gasteiger partial charge in [0.25, 0.3) is 5.69 Å². The molecule has 104 valence electrons. The van der Waals surface area contributed by atoms with Crippen LogP contribution >= 0.6 is 0 Å². The Kier molecular flexibility index (Phi) is 4.82. The Morgan fingerprint density at radius 1 is 1.37 bits per heavy atom. The topological polar surface area (TPSA) is 75.9 Å². The lowest BCUT2D eigenvalue weighted by atomic mass is 10.2. The molecule has 0 radical (unpaired) electrons. The van der Waals surface area contributed by atoms with Gasteiger partial charge in [-0.05, 0) is 20.2 Å². The van der Waals surface area contributed by atoms with E-state index < -0.39 is 4.92 Å². The third-order valence-electron chi connectivity index (χ3n) is 2.56. The first-order chi connectivity index (χ1) is 8.86. The standard InChI is InChI=1S/C12H17N3O4/c1-13(2)8-12(16)14(3)10-7-9(15(17)18)5-6-11(10)19-4/h5-7H,8H2,1-4H3. The molecule has 7 nitrogen and oxygen atoms in total. The molecule has 0 aliphatic rings. The molecule has 1 amide bonds. The summed E-state index contributed by atoms with van der Waals surface area (Å²) in [6, 6.07) is 4.14. The largest absolute Gasteiger partial charge is 0.495 e. The number of carbonyl (C=O) groups excluding carboxylic acids is 1. The first-order valence-corrected chi connectivity index (χ1v) is 5.60. The zero-order valence-corrected chi connectivity index (χ0v) is 11.4. The summed E-state index contributed by atoms with van der Waals surface area (Å²) < 4.78 is 5.13. The van der Waals surface area contributed by atoms with E-state index in [0.717, 1.165) is 0 Å². The highest BCUT2D eigenvalue weighted by atomic mass is 16.6. The number of non-ortho nitro benzene ring substituents is 1. The van der Waals surface area contributed by atoms with E-state index in [1.165, 1.54) is 30.2 Å². The van der Waals surface area contributed by atoms with Crippen LogP contribution in [0.4, 0.5) is 11.4 Å². The van der Waals surface area contributed by atoms with Crippen LogP contribution in [0.1, 0.15) is 0 Å². The van der Waals surface area contributed by atoms with Crippen LogP contribution in [0.5, 0.6) is 5.75 Å². The van der Waals surface area contributed by atoms with Crippen LogP contribution in [-0.4, -0.2) is 50.5 Å². The number of rotatable bonds is 5.